The van der Waals surface area contributed by atoms with Crippen LogP contribution in [0.4, 0.5) is 0 Å². The van der Waals surface area contributed by atoms with Gasteiger partial charge in [-0.05, 0) is 102 Å². The van der Waals surface area contributed by atoms with Crippen LogP contribution in [0.3, 0.4) is 0 Å². The van der Waals surface area contributed by atoms with Gasteiger partial charge in [0.15, 0.2) is 0 Å². The van der Waals surface area contributed by atoms with Crippen molar-refractivity contribution in [3.05, 3.63) is 144 Å². The lowest BCUT2D eigenvalue weighted by molar-refractivity contribution is 0.0604. The molecule has 2 unspecified atom stereocenters. The molecule has 2 atom stereocenters. The maximum atomic E-state index is 6.98. The summed E-state index contributed by atoms with van der Waals surface area (Å²) in [5, 5.41) is 10.7. The average Bonchev–Trinajstić information content (AvgIpc) is 3.43. The van der Waals surface area contributed by atoms with Crippen molar-refractivity contribution in [2.45, 2.75) is 24.4 Å². The van der Waals surface area contributed by atoms with Crippen molar-refractivity contribution >= 4 is 43.1 Å². The zero-order chi connectivity index (χ0) is 26.2. The molecular weight excluding hydrogens is 484 g/mol. The van der Waals surface area contributed by atoms with Crippen molar-refractivity contribution in [2.75, 3.05) is 0 Å². The van der Waals surface area contributed by atoms with E-state index in [1.54, 1.807) is 0 Å². The maximum Gasteiger partial charge on any atom is 0.133 e. The molecule has 0 spiro atoms. The molecule has 40 heavy (non-hydrogen) atoms. The van der Waals surface area contributed by atoms with Crippen molar-refractivity contribution in [1.29, 1.82) is 0 Å². The van der Waals surface area contributed by atoms with Crippen LogP contribution in [0, 0.1) is 5.92 Å². The molecule has 0 aromatic heterocycles. The van der Waals surface area contributed by atoms with E-state index < -0.39 is 5.41 Å². The zero-order valence-corrected chi connectivity index (χ0v) is 22.2. The third kappa shape index (κ3) is 2.26. The number of rotatable bonds is 2. The van der Waals surface area contributed by atoms with E-state index in [1.165, 1.54) is 70.9 Å². The van der Waals surface area contributed by atoms with Gasteiger partial charge < -0.3 is 4.74 Å². The molecule has 1 fully saturated rings. The third-order valence-corrected chi connectivity index (χ3v) is 10.2. The first kappa shape index (κ1) is 21.2. The van der Waals surface area contributed by atoms with E-state index in [0.29, 0.717) is 5.92 Å². The van der Waals surface area contributed by atoms with Crippen molar-refractivity contribution in [1.82, 2.24) is 0 Å². The summed E-state index contributed by atoms with van der Waals surface area (Å²) in [5.74, 6) is 1.47. The minimum atomic E-state index is -0.398. The number of fused-ring (bicyclic) bond motifs is 6. The molecule has 1 aliphatic heterocycles. The molecule has 1 heteroatoms. The Morgan fingerprint density at radius 3 is 1.80 bits per heavy atom. The first-order valence-corrected chi connectivity index (χ1v) is 14.4. The Labute approximate surface area is 232 Å². The minimum Gasteiger partial charge on any atom is -0.490 e. The summed E-state index contributed by atoms with van der Waals surface area (Å²) in [6.45, 7) is 2.13. The Hall–Kier alpha value is -4.62. The second-order valence-electron chi connectivity index (χ2n) is 12.1. The van der Waals surface area contributed by atoms with Gasteiger partial charge in [0.2, 0.25) is 0 Å². The van der Waals surface area contributed by atoms with Gasteiger partial charge in [-0.3, -0.25) is 0 Å². The second-order valence-corrected chi connectivity index (χ2v) is 12.1. The topological polar surface area (TPSA) is 9.23 Å². The van der Waals surface area contributed by atoms with Gasteiger partial charge in [-0.2, -0.15) is 0 Å². The summed E-state index contributed by atoms with van der Waals surface area (Å²) in [4.78, 5) is 0. The van der Waals surface area contributed by atoms with Crippen LogP contribution in [0.25, 0.3) is 54.2 Å². The van der Waals surface area contributed by atoms with Gasteiger partial charge in [0.05, 0.1) is 11.2 Å². The van der Waals surface area contributed by atoms with Crippen molar-refractivity contribution in [2.24, 2.45) is 5.92 Å². The van der Waals surface area contributed by atoms with E-state index in [2.05, 4.69) is 128 Å². The van der Waals surface area contributed by atoms with Crippen LogP contribution in [0.15, 0.2) is 127 Å². The normalized spacial score (nSPS) is 21.9. The summed E-state index contributed by atoms with van der Waals surface area (Å²) < 4.78 is 6.98. The molecule has 10 rings (SSSR count). The lowest BCUT2D eigenvalue weighted by Crippen LogP contribution is -2.44. The Bertz CT molecular complexity index is 2200. The Morgan fingerprint density at radius 1 is 0.600 bits per heavy atom. The molecule has 0 amide bonds. The molecular formula is C39H26O. The van der Waals surface area contributed by atoms with Gasteiger partial charge >= 0.3 is 0 Å². The molecule has 1 saturated carbocycles. The summed E-state index contributed by atoms with van der Waals surface area (Å²) in [6.07, 6.45) is 3.41. The first-order chi connectivity index (χ1) is 19.7. The molecule has 0 bridgehead atoms. The molecule has 0 N–H and O–H groups in total. The number of hydrogen-bond acceptors (Lipinski definition) is 1. The highest BCUT2D eigenvalue weighted by Crippen LogP contribution is 2.71. The highest BCUT2D eigenvalue weighted by atomic mass is 16.5. The fourth-order valence-electron chi connectivity index (χ4n) is 8.81. The number of benzene rings is 7. The van der Waals surface area contributed by atoms with Gasteiger partial charge in [0, 0.05) is 5.92 Å². The van der Waals surface area contributed by atoms with Crippen LogP contribution < -0.4 is 0 Å². The average molecular weight is 511 g/mol. The number of allylic oxidation sites excluding steroid dienone is 1. The van der Waals surface area contributed by atoms with E-state index in [9.17, 15) is 0 Å². The van der Waals surface area contributed by atoms with Crippen molar-refractivity contribution in [3.63, 3.8) is 0 Å². The van der Waals surface area contributed by atoms with Crippen LogP contribution in [0.2, 0.25) is 0 Å². The van der Waals surface area contributed by atoms with Gasteiger partial charge in [-0.1, -0.05) is 103 Å². The van der Waals surface area contributed by atoms with Gasteiger partial charge in [-0.25, -0.2) is 0 Å². The smallest absolute Gasteiger partial charge is 0.133 e. The Kier molecular flexibility index (Phi) is 3.68. The van der Waals surface area contributed by atoms with Crippen molar-refractivity contribution in [3.8, 4) is 11.1 Å². The third-order valence-electron chi connectivity index (χ3n) is 10.2. The molecule has 7 aromatic rings. The van der Waals surface area contributed by atoms with Gasteiger partial charge in [-0.15, -0.1) is 0 Å². The lowest BCUT2D eigenvalue weighted by atomic mass is 9.65. The van der Waals surface area contributed by atoms with Gasteiger partial charge in [0.1, 0.15) is 5.60 Å². The predicted molar refractivity (Wildman–Crippen MR) is 165 cm³/mol. The van der Waals surface area contributed by atoms with E-state index in [1.807, 2.05) is 0 Å². The largest absolute Gasteiger partial charge is 0.490 e. The quantitative estimate of drug-likeness (QED) is 0.166. The first-order valence-electron chi connectivity index (χ1n) is 14.4. The van der Waals surface area contributed by atoms with Crippen LogP contribution in [-0.4, -0.2) is 5.60 Å². The molecule has 2 aliphatic carbocycles. The minimum absolute atomic E-state index is 0.309. The van der Waals surface area contributed by atoms with E-state index in [0.717, 1.165) is 12.2 Å². The molecule has 1 heterocycles. The lowest BCUT2D eigenvalue weighted by Gasteiger charge is -2.41. The summed E-state index contributed by atoms with van der Waals surface area (Å²) >= 11 is 0. The highest BCUT2D eigenvalue weighted by Gasteiger charge is 2.74. The van der Waals surface area contributed by atoms with Gasteiger partial charge in [0.25, 0.3) is 0 Å². The fourth-order valence-corrected chi connectivity index (χ4v) is 8.81. The molecule has 1 nitrogen and oxygen atoms in total. The van der Waals surface area contributed by atoms with E-state index in [-0.39, 0.29) is 5.60 Å². The summed E-state index contributed by atoms with van der Waals surface area (Å²) in [7, 11) is 0. The SMILES string of the molecule is CC1=CC2CC2(C2(c3cc4cccc5c6cccc7cccc(c(c3)c45)c76)c3ccccc3-c3ccccc32)O1. The zero-order valence-electron chi connectivity index (χ0n) is 22.2. The predicted octanol–water partition coefficient (Wildman–Crippen LogP) is 9.74. The number of hydrogen-bond donors (Lipinski definition) is 0. The standard InChI is InChI=1S/C39H26O/c1-23-19-27-22-38(27,40-23)39(34-17-4-2-12-28(34)29-13-3-5-18-35(29)39)26-20-25-11-8-15-31-30-14-6-9-24-10-7-16-32(36(24)30)33(21-26)37(25)31/h2-21,27H,22H2,1H3. The molecule has 3 aliphatic rings. The Balaban J connectivity index is 1.42. The monoisotopic (exact) mass is 510 g/mol. The summed E-state index contributed by atoms with van der Waals surface area (Å²) in [6, 6.07) is 43.5. The fraction of sp³-hybridized carbons (Fsp3) is 0.128. The van der Waals surface area contributed by atoms with Crippen LogP contribution in [-0.2, 0) is 10.2 Å². The summed E-state index contributed by atoms with van der Waals surface area (Å²) in [5.41, 5.74) is 6.05. The van der Waals surface area contributed by atoms with Crippen LogP contribution in [0.1, 0.15) is 30.0 Å². The Morgan fingerprint density at radius 2 is 1.18 bits per heavy atom. The van der Waals surface area contributed by atoms with E-state index >= 15 is 0 Å². The molecule has 0 saturated heterocycles. The molecule has 0 radical (unpaired) electrons. The highest BCUT2D eigenvalue weighted by molar-refractivity contribution is 6.33. The van der Waals surface area contributed by atoms with Crippen molar-refractivity contribution < 1.29 is 4.74 Å². The maximum absolute atomic E-state index is 6.98. The molecule has 7 aromatic carbocycles. The number of ether oxygens (including phenoxy) is 1. The van der Waals surface area contributed by atoms with Crippen LogP contribution in [0.5, 0.6) is 0 Å². The van der Waals surface area contributed by atoms with Crippen LogP contribution >= 0.6 is 0 Å². The second kappa shape index (κ2) is 6.92. The van der Waals surface area contributed by atoms with E-state index in [4.69, 9.17) is 4.74 Å². The molecule has 188 valence electrons.